The van der Waals surface area contributed by atoms with Gasteiger partial charge in [0.05, 0.1) is 17.7 Å². The summed E-state index contributed by atoms with van der Waals surface area (Å²) in [5.74, 6) is -0.408. The van der Waals surface area contributed by atoms with Gasteiger partial charge in [-0.2, -0.15) is 5.26 Å². The lowest BCUT2D eigenvalue weighted by Gasteiger charge is -2.25. The molecule has 1 unspecified atom stereocenters. The van der Waals surface area contributed by atoms with Crippen molar-refractivity contribution in [1.82, 2.24) is 0 Å². The molecule has 0 fully saturated rings. The van der Waals surface area contributed by atoms with Crippen LogP contribution in [0.3, 0.4) is 0 Å². The zero-order valence-electron chi connectivity index (χ0n) is 11.2. The quantitative estimate of drug-likeness (QED) is 0.873. The number of nitrogens with zero attached hydrogens (tertiary/aromatic N) is 2. The summed E-state index contributed by atoms with van der Waals surface area (Å²) in [6, 6.07) is 7.03. The van der Waals surface area contributed by atoms with Gasteiger partial charge in [0.1, 0.15) is 5.82 Å². The summed E-state index contributed by atoms with van der Waals surface area (Å²) in [4.78, 5) is 1.87. The molecule has 1 rings (SSSR count). The molecule has 98 valence electrons. The van der Waals surface area contributed by atoms with E-state index in [1.54, 1.807) is 6.07 Å². The molecule has 0 saturated carbocycles. The smallest absolute Gasteiger partial charge is 0.146 e. The third kappa shape index (κ3) is 3.44. The number of rotatable bonds is 5. The Bertz CT molecular complexity index is 437. The van der Waals surface area contributed by atoms with Gasteiger partial charge in [-0.3, -0.25) is 0 Å². The van der Waals surface area contributed by atoms with E-state index in [1.165, 1.54) is 6.07 Å². The molecular formula is C14H20FN3. The number of nitrogens with two attached hydrogens (primary N) is 1. The van der Waals surface area contributed by atoms with Crippen LogP contribution in [-0.4, -0.2) is 13.1 Å². The molecule has 0 spiro atoms. The molecule has 0 bridgehead atoms. The first-order chi connectivity index (χ1) is 8.49. The number of hydrogen-bond acceptors (Lipinski definition) is 3. The Hall–Kier alpha value is -1.60. The van der Waals surface area contributed by atoms with Crippen molar-refractivity contribution in [3.63, 3.8) is 0 Å². The van der Waals surface area contributed by atoms with Crippen molar-refractivity contribution in [2.45, 2.75) is 26.8 Å². The summed E-state index contributed by atoms with van der Waals surface area (Å²) in [5.41, 5.74) is 7.03. The number of benzene rings is 1. The zero-order chi connectivity index (χ0) is 13.7. The summed E-state index contributed by atoms with van der Waals surface area (Å²) in [6.45, 7) is 6.80. The van der Waals surface area contributed by atoms with Crippen LogP contribution >= 0.6 is 0 Å². The van der Waals surface area contributed by atoms with Gasteiger partial charge in [-0.1, -0.05) is 6.07 Å². The molecule has 1 aromatic rings. The summed E-state index contributed by atoms with van der Waals surface area (Å²) in [6.07, 6.45) is 0. The molecule has 0 aliphatic carbocycles. The first-order valence-electron chi connectivity index (χ1n) is 6.19. The average Bonchev–Trinajstić information content (AvgIpc) is 2.35. The lowest BCUT2D eigenvalue weighted by molar-refractivity contribution is 0.603. The van der Waals surface area contributed by atoms with E-state index < -0.39 is 0 Å². The standard InChI is InChI=1S/C14H20FN3/c1-4-18(9-10(2)8-16)14-6-5-12(11(3)17)7-13(14)15/h5-7,10-11H,4,9,17H2,1-3H3/t10?,11-/m0/s1. The second-order valence-electron chi connectivity index (χ2n) is 4.57. The van der Waals surface area contributed by atoms with E-state index in [0.29, 0.717) is 18.8 Å². The molecule has 2 atom stereocenters. The summed E-state index contributed by atoms with van der Waals surface area (Å²) >= 11 is 0. The van der Waals surface area contributed by atoms with Crippen molar-refractivity contribution in [2.75, 3.05) is 18.0 Å². The van der Waals surface area contributed by atoms with E-state index in [1.807, 2.05) is 31.7 Å². The maximum Gasteiger partial charge on any atom is 0.146 e. The normalized spacial score (nSPS) is 13.8. The highest BCUT2D eigenvalue weighted by atomic mass is 19.1. The summed E-state index contributed by atoms with van der Waals surface area (Å²) in [7, 11) is 0. The van der Waals surface area contributed by atoms with Crippen molar-refractivity contribution in [3.8, 4) is 6.07 Å². The number of hydrogen-bond donors (Lipinski definition) is 1. The Morgan fingerprint density at radius 2 is 2.11 bits per heavy atom. The van der Waals surface area contributed by atoms with E-state index in [-0.39, 0.29) is 17.8 Å². The largest absolute Gasteiger partial charge is 0.368 e. The maximum absolute atomic E-state index is 14.0. The van der Waals surface area contributed by atoms with Crippen LogP contribution in [0, 0.1) is 23.1 Å². The first-order valence-corrected chi connectivity index (χ1v) is 6.19. The van der Waals surface area contributed by atoms with E-state index in [2.05, 4.69) is 6.07 Å². The minimum absolute atomic E-state index is 0.127. The molecule has 1 aromatic carbocycles. The lowest BCUT2D eigenvalue weighted by Crippen LogP contribution is -2.28. The number of nitriles is 1. The summed E-state index contributed by atoms with van der Waals surface area (Å²) in [5, 5.41) is 8.83. The van der Waals surface area contributed by atoms with Crippen molar-refractivity contribution in [3.05, 3.63) is 29.6 Å². The minimum Gasteiger partial charge on any atom is -0.368 e. The topological polar surface area (TPSA) is 53.0 Å². The molecule has 0 heterocycles. The van der Waals surface area contributed by atoms with Crippen LogP contribution in [0.4, 0.5) is 10.1 Å². The number of halogens is 1. The van der Waals surface area contributed by atoms with Gasteiger partial charge in [0.2, 0.25) is 0 Å². The van der Waals surface area contributed by atoms with Gasteiger partial charge in [0, 0.05) is 19.1 Å². The predicted octanol–water partition coefficient (Wildman–Crippen LogP) is 2.83. The minimum atomic E-state index is -0.281. The Morgan fingerprint density at radius 1 is 1.44 bits per heavy atom. The predicted molar refractivity (Wildman–Crippen MR) is 71.7 cm³/mol. The van der Waals surface area contributed by atoms with Crippen molar-refractivity contribution in [1.29, 1.82) is 5.26 Å². The van der Waals surface area contributed by atoms with Gasteiger partial charge in [0.25, 0.3) is 0 Å². The molecule has 18 heavy (non-hydrogen) atoms. The Morgan fingerprint density at radius 3 is 2.56 bits per heavy atom. The van der Waals surface area contributed by atoms with Gasteiger partial charge in [-0.05, 0) is 38.5 Å². The molecule has 0 radical (unpaired) electrons. The van der Waals surface area contributed by atoms with Gasteiger partial charge < -0.3 is 10.6 Å². The molecule has 3 nitrogen and oxygen atoms in total. The van der Waals surface area contributed by atoms with Crippen LogP contribution < -0.4 is 10.6 Å². The molecular weight excluding hydrogens is 229 g/mol. The van der Waals surface area contributed by atoms with Crippen molar-refractivity contribution >= 4 is 5.69 Å². The van der Waals surface area contributed by atoms with Crippen LogP contribution in [0.1, 0.15) is 32.4 Å². The van der Waals surface area contributed by atoms with E-state index in [0.717, 1.165) is 5.56 Å². The summed E-state index contributed by atoms with van der Waals surface area (Å²) < 4.78 is 14.0. The Balaban J connectivity index is 2.97. The van der Waals surface area contributed by atoms with Crippen molar-refractivity contribution < 1.29 is 4.39 Å². The Kier molecular flexibility index (Phi) is 5.11. The maximum atomic E-state index is 14.0. The molecule has 0 aliphatic heterocycles. The fourth-order valence-corrected chi connectivity index (χ4v) is 1.83. The third-order valence-electron chi connectivity index (χ3n) is 2.93. The molecule has 0 saturated heterocycles. The molecule has 0 amide bonds. The second-order valence-corrected chi connectivity index (χ2v) is 4.57. The molecule has 0 aliphatic rings. The monoisotopic (exact) mass is 249 g/mol. The van der Waals surface area contributed by atoms with Gasteiger partial charge in [-0.25, -0.2) is 4.39 Å². The third-order valence-corrected chi connectivity index (χ3v) is 2.93. The van der Waals surface area contributed by atoms with Crippen LogP contribution in [0.5, 0.6) is 0 Å². The Labute approximate surface area is 108 Å². The van der Waals surface area contributed by atoms with E-state index in [4.69, 9.17) is 11.0 Å². The van der Waals surface area contributed by atoms with Crippen LogP contribution in [0.15, 0.2) is 18.2 Å². The van der Waals surface area contributed by atoms with Gasteiger partial charge >= 0.3 is 0 Å². The molecule has 2 N–H and O–H groups in total. The van der Waals surface area contributed by atoms with Gasteiger partial charge in [-0.15, -0.1) is 0 Å². The second kappa shape index (κ2) is 6.36. The SMILES string of the molecule is CCN(CC(C)C#N)c1ccc([C@H](C)N)cc1F. The highest BCUT2D eigenvalue weighted by molar-refractivity contribution is 5.49. The first kappa shape index (κ1) is 14.5. The average molecular weight is 249 g/mol. The lowest BCUT2D eigenvalue weighted by atomic mass is 10.1. The van der Waals surface area contributed by atoms with Crippen LogP contribution in [0.2, 0.25) is 0 Å². The van der Waals surface area contributed by atoms with Gasteiger partial charge in [0.15, 0.2) is 0 Å². The molecule has 0 aromatic heterocycles. The fourth-order valence-electron chi connectivity index (χ4n) is 1.83. The van der Waals surface area contributed by atoms with Crippen LogP contribution in [-0.2, 0) is 0 Å². The number of anilines is 1. The highest BCUT2D eigenvalue weighted by Gasteiger charge is 2.14. The molecule has 4 heteroatoms. The highest BCUT2D eigenvalue weighted by Crippen LogP contribution is 2.23. The van der Waals surface area contributed by atoms with Crippen LogP contribution in [0.25, 0.3) is 0 Å². The zero-order valence-corrected chi connectivity index (χ0v) is 11.2. The fraction of sp³-hybridized carbons (Fsp3) is 0.500. The van der Waals surface area contributed by atoms with E-state index in [9.17, 15) is 4.39 Å². The van der Waals surface area contributed by atoms with Crippen molar-refractivity contribution in [2.24, 2.45) is 11.7 Å². The van der Waals surface area contributed by atoms with E-state index >= 15 is 0 Å².